The number of aromatic nitrogens is 3. The monoisotopic (exact) mass is 279 g/mol. The second kappa shape index (κ2) is 4.44. The van der Waals surface area contributed by atoms with Crippen molar-refractivity contribution >= 4 is 33.4 Å². The maximum Gasteiger partial charge on any atom is 0.230 e. The molecule has 0 aliphatic rings. The molecule has 0 spiro atoms. The Morgan fingerprint density at radius 1 is 1.31 bits per heavy atom. The molecule has 3 N–H and O–H groups in total. The highest BCUT2D eigenvalue weighted by molar-refractivity contribution is 9.10. The van der Waals surface area contributed by atoms with Crippen molar-refractivity contribution in [3.05, 3.63) is 34.7 Å². The molecule has 2 heterocycles. The molecule has 0 unspecified atom stereocenters. The van der Waals surface area contributed by atoms with Crippen molar-refractivity contribution in [1.82, 2.24) is 15.0 Å². The zero-order valence-corrected chi connectivity index (χ0v) is 10.2. The molecule has 0 atom stereocenters. The van der Waals surface area contributed by atoms with Crippen LogP contribution in [-0.4, -0.2) is 15.0 Å². The molecular formula is C10H10BrN5. The van der Waals surface area contributed by atoms with E-state index in [0.717, 1.165) is 11.4 Å². The molecule has 2 rings (SSSR count). The van der Waals surface area contributed by atoms with E-state index >= 15 is 0 Å². The van der Waals surface area contributed by atoms with Crippen LogP contribution >= 0.6 is 15.9 Å². The summed E-state index contributed by atoms with van der Waals surface area (Å²) in [5, 5.41) is 3.02. The molecule has 6 heteroatoms. The Hall–Kier alpha value is -1.69. The first kappa shape index (κ1) is 10.8. The zero-order chi connectivity index (χ0) is 11.5. The standard InChI is InChI=1S/C10H10BrN5/c1-6-2-3-7(5-13-6)14-10-15-8(11)4-9(12)16-10/h2-5H,1H3,(H3,12,14,15,16). The summed E-state index contributed by atoms with van der Waals surface area (Å²) in [7, 11) is 0. The number of nitrogens with two attached hydrogens (primary N) is 1. The number of nitrogens with one attached hydrogen (secondary N) is 1. The molecule has 0 bridgehead atoms. The number of nitrogen functional groups attached to an aromatic ring is 1. The average molecular weight is 280 g/mol. The Kier molecular flexibility index (Phi) is 3.00. The van der Waals surface area contributed by atoms with Gasteiger partial charge in [0.2, 0.25) is 5.95 Å². The van der Waals surface area contributed by atoms with Crippen molar-refractivity contribution < 1.29 is 0 Å². The normalized spacial score (nSPS) is 10.1. The smallest absolute Gasteiger partial charge is 0.230 e. The third-order valence-corrected chi connectivity index (χ3v) is 2.29. The van der Waals surface area contributed by atoms with Crippen LogP contribution in [0.5, 0.6) is 0 Å². The summed E-state index contributed by atoms with van der Waals surface area (Å²) in [6.07, 6.45) is 1.72. The highest BCUT2D eigenvalue weighted by Gasteiger charge is 2.01. The minimum Gasteiger partial charge on any atom is -0.383 e. The Labute approximate surface area is 101 Å². The molecule has 0 saturated carbocycles. The lowest BCUT2D eigenvalue weighted by Gasteiger charge is -2.05. The number of pyridine rings is 1. The number of aryl methyl sites for hydroxylation is 1. The Morgan fingerprint density at radius 3 is 2.75 bits per heavy atom. The van der Waals surface area contributed by atoms with Gasteiger partial charge in [-0.2, -0.15) is 4.98 Å². The second-order valence-electron chi connectivity index (χ2n) is 3.25. The van der Waals surface area contributed by atoms with Gasteiger partial charge < -0.3 is 11.1 Å². The molecule has 5 nitrogen and oxygen atoms in total. The Bertz CT molecular complexity index is 477. The van der Waals surface area contributed by atoms with Gasteiger partial charge in [0, 0.05) is 11.8 Å². The largest absolute Gasteiger partial charge is 0.383 e. The number of anilines is 3. The lowest BCUT2D eigenvalue weighted by atomic mass is 10.3. The van der Waals surface area contributed by atoms with Crippen molar-refractivity contribution in [3.8, 4) is 0 Å². The quantitative estimate of drug-likeness (QED) is 0.825. The van der Waals surface area contributed by atoms with Crippen LogP contribution in [0.3, 0.4) is 0 Å². The minimum absolute atomic E-state index is 0.407. The van der Waals surface area contributed by atoms with Crippen LogP contribution in [0, 0.1) is 6.92 Å². The summed E-state index contributed by atoms with van der Waals surface area (Å²) in [5.74, 6) is 0.849. The molecule has 0 aliphatic carbocycles. The highest BCUT2D eigenvalue weighted by atomic mass is 79.9. The summed E-state index contributed by atoms with van der Waals surface area (Å²) in [6, 6.07) is 5.45. The predicted molar refractivity (Wildman–Crippen MR) is 66.4 cm³/mol. The first-order chi connectivity index (χ1) is 7.63. The maximum atomic E-state index is 5.60. The van der Waals surface area contributed by atoms with Crippen LogP contribution in [0.4, 0.5) is 17.5 Å². The van der Waals surface area contributed by atoms with Crippen LogP contribution in [-0.2, 0) is 0 Å². The first-order valence-corrected chi connectivity index (χ1v) is 5.42. The van der Waals surface area contributed by atoms with Gasteiger partial charge in [0.1, 0.15) is 10.4 Å². The molecule has 0 radical (unpaired) electrons. The van der Waals surface area contributed by atoms with Gasteiger partial charge in [0.15, 0.2) is 0 Å². The van der Waals surface area contributed by atoms with Crippen molar-refractivity contribution in [3.63, 3.8) is 0 Å². The molecule has 16 heavy (non-hydrogen) atoms. The van der Waals surface area contributed by atoms with E-state index in [4.69, 9.17) is 5.73 Å². The van der Waals surface area contributed by atoms with Crippen LogP contribution in [0.2, 0.25) is 0 Å². The van der Waals surface area contributed by atoms with E-state index in [0.29, 0.717) is 16.4 Å². The number of hydrogen-bond acceptors (Lipinski definition) is 5. The Balaban J connectivity index is 2.23. The topological polar surface area (TPSA) is 76.7 Å². The van der Waals surface area contributed by atoms with Crippen LogP contribution in [0.15, 0.2) is 29.0 Å². The average Bonchev–Trinajstić information content (AvgIpc) is 2.20. The lowest BCUT2D eigenvalue weighted by molar-refractivity contribution is 1.14. The summed E-state index contributed by atoms with van der Waals surface area (Å²) in [4.78, 5) is 12.3. The molecule has 82 valence electrons. The van der Waals surface area contributed by atoms with Crippen molar-refractivity contribution in [2.75, 3.05) is 11.1 Å². The van der Waals surface area contributed by atoms with Gasteiger partial charge in [-0.15, -0.1) is 0 Å². The summed E-state index contributed by atoms with van der Waals surface area (Å²) < 4.78 is 0.641. The summed E-state index contributed by atoms with van der Waals surface area (Å²) in [5.41, 5.74) is 7.38. The fraction of sp³-hybridized carbons (Fsp3) is 0.100. The van der Waals surface area contributed by atoms with Crippen LogP contribution in [0.25, 0.3) is 0 Å². The van der Waals surface area contributed by atoms with Crippen molar-refractivity contribution in [2.24, 2.45) is 0 Å². The van der Waals surface area contributed by atoms with Gasteiger partial charge in [-0.1, -0.05) is 0 Å². The summed E-state index contributed by atoms with van der Waals surface area (Å²) >= 11 is 3.25. The fourth-order valence-electron chi connectivity index (χ4n) is 1.16. The zero-order valence-electron chi connectivity index (χ0n) is 8.61. The van der Waals surface area contributed by atoms with Gasteiger partial charge in [0.25, 0.3) is 0 Å². The van der Waals surface area contributed by atoms with E-state index in [1.165, 1.54) is 0 Å². The van der Waals surface area contributed by atoms with Crippen LogP contribution in [0.1, 0.15) is 5.69 Å². The van der Waals surface area contributed by atoms with Crippen LogP contribution < -0.4 is 11.1 Å². The molecular weight excluding hydrogens is 270 g/mol. The van der Waals surface area contributed by atoms with E-state index in [2.05, 4.69) is 36.2 Å². The van der Waals surface area contributed by atoms with Crippen molar-refractivity contribution in [2.45, 2.75) is 6.92 Å². The Morgan fingerprint density at radius 2 is 2.12 bits per heavy atom. The number of hydrogen-bond donors (Lipinski definition) is 2. The minimum atomic E-state index is 0.407. The number of rotatable bonds is 2. The maximum absolute atomic E-state index is 5.60. The fourth-order valence-corrected chi connectivity index (χ4v) is 1.56. The molecule has 0 aliphatic heterocycles. The van der Waals surface area contributed by atoms with Gasteiger partial charge in [0.05, 0.1) is 11.9 Å². The summed E-state index contributed by atoms with van der Waals surface area (Å²) in [6.45, 7) is 1.93. The molecule has 0 fully saturated rings. The van der Waals surface area contributed by atoms with E-state index in [-0.39, 0.29) is 0 Å². The predicted octanol–water partition coefficient (Wildman–Crippen LogP) is 2.27. The molecule has 0 aromatic carbocycles. The lowest BCUT2D eigenvalue weighted by Crippen LogP contribution is -2.00. The van der Waals surface area contributed by atoms with E-state index in [9.17, 15) is 0 Å². The van der Waals surface area contributed by atoms with E-state index in [1.54, 1.807) is 12.3 Å². The molecule has 0 saturated heterocycles. The second-order valence-corrected chi connectivity index (χ2v) is 4.06. The van der Waals surface area contributed by atoms with Gasteiger partial charge in [-0.05, 0) is 35.0 Å². The molecule has 2 aromatic heterocycles. The third kappa shape index (κ3) is 2.66. The highest BCUT2D eigenvalue weighted by Crippen LogP contribution is 2.16. The molecule has 2 aromatic rings. The van der Waals surface area contributed by atoms with E-state index < -0.39 is 0 Å². The van der Waals surface area contributed by atoms with Gasteiger partial charge in [-0.3, -0.25) is 4.98 Å². The SMILES string of the molecule is Cc1ccc(Nc2nc(N)cc(Br)n2)cn1. The van der Waals surface area contributed by atoms with Crippen molar-refractivity contribution in [1.29, 1.82) is 0 Å². The van der Waals surface area contributed by atoms with Gasteiger partial charge in [-0.25, -0.2) is 4.98 Å². The third-order valence-electron chi connectivity index (χ3n) is 1.88. The number of nitrogens with zero attached hydrogens (tertiary/aromatic N) is 3. The van der Waals surface area contributed by atoms with E-state index in [1.807, 2.05) is 19.1 Å². The number of halogens is 1. The first-order valence-electron chi connectivity index (χ1n) is 4.63. The molecule has 0 amide bonds. The van der Waals surface area contributed by atoms with Gasteiger partial charge >= 0.3 is 0 Å².